The number of carbonyl (C=O) groups is 1. The zero-order valence-electron chi connectivity index (χ0n) is 17.7. The van der Waals surface area contributed by atoms with Gasteiger partial charge >= 0.3 is 10.2 Å². The van der Waals surface area contributed by atoms with Crippen LogP contribution < -0.4 is 15.6 Å². The van der Waals surface area contributed by atoms with Crippen LogP contribution in [0.3, 0.4) is 0 Å². The van der Waals surface area contributed by atoms with Crippen LogP contribution in [-0.4, -0.2) is 60.7 Å². The molecule has 3 N–H and O–H groups in total. The second kappa shape index (κ2) is 9.72. The normalized spacial score (nSPS) is 18.2. The molecule has 1 aliphatic carbocycles. The molecular weight excluding hydrogens is 452 g/mol. The number of piperazine rings is 1. The maximum Gasteiger partial charge on any atom is 0.304 e. The second-order valence-corrected chi connectivity index (χ2v) is 10.3. The molecule has 1 aromatic heterocycles. The summed E-state index contributed by atoms with van der Waals surface area (Å²) in [6.07, 6.45) is 5.03. The van der Waals surface area contributed by atoms with Crippen molar-refractivity contribution in [2.75, 3.05) is 30.5 Å². The van der Waals surface area contributed by atoms with Crippen LogP contribution in [0, 0.1) is 0 Å². The Labute approximate surface area is 193 Å². The van der Waals surface area contributed by atoms with E-state index in [-0.39, 0.29) is 6.54 Å². The summed E-state index contributed by atoms with van der Waals surface area (Å²) < 4.78 is 30.2. The highest BCUT2D eigenvalue weighted by Gasteiger charge is 2.35. The molecule has 9 nitrogen and oxygen atoms in total. The topological polar surface area (TPSA) is 112 Å². The summed E-state index contributed by atoms with van der Waals surface area (Å²) in [4.78, 5) is 18.3. The van der Waals surface area contributed by atoms with Gasteiger partial charge in [-0.15, -0.1) is 0 Å². The van der Waals surface area contributed by atoms with Crippen molar-refractivity contribution in [3.05, 3.63) is 58.9 Å². The molecular formula is C21H27ClN6O3S. The van der Waals surface area contributed by atoms with Crippen molar-refractivity contribution >= 4 is 33.4 Å². The Balaban J connectivity index is 1.57. The van der Waals surface area contributed by atoms with E-state index in [0.29, 0.717) is 41.1 Å². The van der Waals surface area contributed by atoms with Gasteiger partial charge in [-0.3, -0.25) is 24.4 Å². The first-order valence-electron chi connectivity index (χ1n) is 10.6. The zero-order chi connectivity index (χ0) is 22.7. The fraction of sp³-hybridized carbons (Fsp3) is 0.429. The first-order valence-corrected chi connectivity index (χ1v) is 12.4. The average molecular weight is 479 g/mol. The Morgan fingerprint density at radius 3 is 2.50 bits per heavy atom. The van der Waals surface area contributed by atoms with E-state index in [2.05, 4.69) is 15.3 Å². The summed E-state index contributed by atoms with van der Waals surface area (Å²) in [5, 5.41) is 0.445. The Morgan fingerprint density at radius 2 is 1.94 bits per heavy atom. The van der Waals surface area contributed by atoms with Crippen molar-refractivity contribution in [3.63, 3.8) is 0 Å². The summed E-state index contributed by atoms with van der Waals surface area (Å²) in [7, 11) is -3.82. The van der Waals surface area contributed by atoms with Gasteiger partial charge in [0, 0.05) is 43.4 Å². The molecule has 32 heavy (non-hydrogen) atoms. The summed E-state index contributed by atoms with van der Waals surface area (Å²) in [5.41, 5.74) is 3.30. The number of aromatic nitrogens is 1. The minimum atomic E-state index is -3.82. The minimum Gasteiger partial charge on any atom is -0.298 e. The van der Waals surface area contributed by atoms with Gasteiger partial charge in [-0.25, -0.2) is 5.84 Å². The number of amides is 1. The molecule has 2 heterocycles. The average Bonchev–Trinajstić information content (AvgIpc) is 2.76. The number of benzene rings is 1. The van der Waals surface area contributed by atoms with E-state index >= 15 is 0 Å². The number of hydrogen-bond acceptors (Lipinski definition) is 6. The predicted molar refractivity (Wildman–Crippen MR) is 123 cm³/mol. The fourth-order valence-corrected chi connectivity index (χ4v) is 5.77. The number of nitrogens with one attached hydrogen (secondary N) is 1. The molecule has 1 saturated heterocycles. The molecule has 1 aliphatic heterocycles. The van der Waals surface area contributed by atoms with E-state index < -0.39 is 16.1 Å². The van der Waals surface area contributed by atoms with Crippen LogP contribution in [0.5, 0.6) is 0 Å². The molecule has 0 spiro atoms. The molecule has 1 saturated carbocycles. The smallest absolute Gasteiger partial charge is 0.298 e. The summed E-state index contributed by atoms with van der Waals surface area (Å²) in [6.45, 7) is 2.36. The summed E-state index contributed by atoms with van der Waals surface area (Å²) in [5.74, 6) is 4.69. The number of nitrogens with zero attached hydrogens (tertiary/aromatic N) is 4. The molecule has 4 rings (SSSR count). The van der Waals surface area contributed by atoms with Crippen molar-refractivity contribution in [1.29, 1.82) is 0 Å². The van der Waals surface area contributed by atoms with Gasteiger partial charge in [0.05, 0.1) is 23.5 Å². The van der Waals surface area contributed by atoms with Gasteiger partial charge in [0.25, 0.3) is 5.91 Å². The fourth-order valence-electron chi connectivity index (χ4n) is 4.01. The standard InChI is InChI=1S/C21H27ClN6O3S/c22-17-3-1-6-20(13-17)28(15-18-8-7-16(14-24-18)21(29)25-23)32(30,31)27-11-9-26(10-12-27)19-4-2-5-19/h1,3,6-8,13-14,19H,2,4-5,9-12,15,23H2,(H,25,29). The molecule has 0 radical (unpaired) electrons. The molecule has 0 atom stereocenters. The van der Waals surface area contributed by atoms with Crippen molar-refractivity contribution in [2.45, 2.75) is 31.8 Å². The number of nitrogen functional groups attached to an aromatic ring is 1. The highest BCUT2D eigenvalue weighted by molar-refractivity contribution is 7.90. The number of carbonyl (C=O) groups excluding carboxylic acids is 1. The first-order chi connectivity index (χ1) is 15.4. The molecule has 2 fully saturated rings. The van der Waals surface area contributed by atoms with Gasteiger partial charge in [-0.05, 0) is 43.2 Å². The molecule has 0 bridgehead atoms. The molecule has 2 aliphatic rings. The SMILES string of the molecule is NNC(=O)c1ccc(CN(c2cccc(Cl)c2)S(=O)(=O)N2CCN(C3CCC3)CC2)nc1. The Hall–Kier alpha value is -2.24. The van der Waals surface area contributed by atoms with Gasteiger partial charge in [0.1, 0.15) is 0 Å². The number of halogens is 1. The van der Waals surface area contributed by atoms with E-state index in [4.69, 9.17) is 17.4 Å². The maximum atomic E-state index is 13.7. The van der Waals surface area contributed by atoms with Crippen LogP contribution in [0.15, 0.2) is 42.6 Å². The molecule has 2 aromatic rings. The Bertz CT molecular complexity index is 1050. The minimum absolute atomic E-state index is 0.00996. The van der Waals surface area contributed by atoms with Crippen LogP contribution in [0.25, 0.3) is 0 Å². The second-order valence-electron chi connectivity index (χ2n) is 8.03. The van der Waals surface area contributed by atoms with E-state index in [0.717, 1.165) is 13.1 Å². The molecule has 1 amide bonds. The van der Waals surface area contributed by atoms with Crippen LogP contribution >= 0.6 is 11.6 Å². The number of anilines is 1. The number of pyridine rings is 1. The molecule has 0 unspecified atom stereocenters. The van der Waals surface area contributed by atoms with E-state index in [1.807, 2.05) is 0 Å². The third kappa shape index (κ3) is 4.89. The third-order valence-electron chi connectivity index (χ3n) is 6.09. The van der Waals surface area contributed by atoms with E-state index in [1.165, 1.54) is 34.1 Å². The first kappa shape index (κ1) is 22.9. The third-order valence-corrected chi connectivity index (χ3v) is 8.24. The van der Waals surface area contributed by atoms with E-state index in [1.54, 1.807) is 36.4 Å². The lowest BCUT2D eigenvalue weighted by Crippen LogP contribution is -2.56. The number of hydrogen-bond donors (Lipinski definition) is 2. The van der Waals surface area contributed by atoms with Crippen LogP contribution in [0.1, 0.15) is 35.3 Å². The molecule has 1 aromatic carbocycles. The van der Waals surface area contributed by atoms with Crippen molar-refractivity contribution in [2.24, 2.45) is 5.84 Å². The summed E-state index contributed by atoms with van der Waals surface area (Å²) in [6, 6.07) is 10.5. The number of rotatable bonds is 7. The lowest BCUT2D eigenvalue weighted by molar-refractivity contribution is 0.0888. The predicted octanol–water partition coefficient (Wildman–Crippen LogP) is 1.76. The molecule has 172 valence electrons. The van der Waals surface area contributed by atoms with E-state index in [9.17, 15) is 13.2 Å². The van der Waals surface area contributed by atoms with Crippen molar-refractivity contribution in [3.8, 4) is 0 Å². The maximum absolute atomic E-state index is 13.7. The summed E-state index contributed by atoms with van der Waals surface area (Å²) >= 11 is 6.16. The number of nitrogens with two attached hydrogens (primary N) is 1. The van der Waals surface area contributed by atoms with Crippen molar-refractivity contribution < 1.29 is 13.2 Å². The highest BCUT2D eigenvalue weighted by Crippen LogP contribution is 2.29. The van der Waals surface area contributed by atoms with Crippen LogP contribution in [-0.2, 0) is 16.8 Å². The van der Waals surface area contributed by atoms with Crippen molar-refractivity contribution in [1.82, 2.24) is 19.6 Å². The van der Waals surface area contributed by atoms with Gasteiger partial charge < -0.3 is 0 Å². The van der Waals surface area contributed by atoms with Crippen LogP contribution in [0.2, 0.25) is 5.02 Å². The quantitative estimate of drug-likeness (QED) is 0.356. The Kier molecular flexibility index (Phi) is 6.96. The van der Waals surface area contributed by atoms with Gasteiger partial charge in [0.2, 0.25) is 0 Å². The highest BCUT2D eigenvalue weighted by atomic mass is 35.5. The lowest BCUT2D eigenvalue weighted by Gasteiger charge is -2.43. The molecule has 11 heteroatoms. The lowest BCUT2D eigenvalue weighted by atomic mass is 9.91. The Morgan fingerprint density at radius 1 is 1.19 bits per heavy atom. The number of hydrazine groups is 1. The monoisotopic (exact) mass is 478 g/mol. The largest absolute Gasteiger partial charge is 0.304 e. The zero-order valence-corrected chi connectivity index (χ0v) is 19.2. The van der Waals surface area contributed by atoms with Gasteiger partial charge in [-0.1, -0.05) is 24.1 Å². The van der Waals surface area contributed by atoms with Gasteiger partial charge in [0.15, 0.2) is 0 Å². The van der Waals surface area contributed by atoms with Gasteiger partial charge in [-0.2, -0.15) is 12.7 Å². The van der Waals surface area contributed by atoms with Crippen LogP contribution in [0.4, 0.5) is 5.69 Å².